The van der Waals surface area contributed by atoms with Gasteiger partial charge in [0, 0.05) is 13.1 Å². The molecule has 0 unspecified atom stereocenters. The van der Waals surface area contributed by atoms with Gasteiger partial charge in [-0.05, 0) is 42.9 Å². The summed E-state index contributed by atoms with van der Waals surface area (Å²) in [6, 6.07) is 6.70. The van der Waals surface area contributed by atoms with E-state index in [1.54, 1.807) is 11.0 Å². The van der Waals surface area contributed by atoms with Crippen molar-refractivity contribution in [1.29, 1.82) is 0 Å². The highest BCUT2D eigenvalue weighted by atomic mass is 19.1. The van der Waals surface area contributed by atoms with Crippen LogP contribution in [0, 0.1) is 11.7 Å². The molecule has 22 heavy (non-hydrogen) atoms. The van der Waals surface area contributed by atoms with Gasteiger partial charge in [-0.2, -0.15) is 5.10 Å². The molecule has 1 aliphatic rings. The third-order valence-corrected chi connectivity index (χ3v) is 4.17. The minimum absolute atomic E-state index is 0.0886. The van der Waals surface area contributed by atoms with Crippen LogP contribution in [0.3, 0.4) is 0 Å². The van der Waals surface area contributed by atoms with Gasteiger partial charge in [-0.25, -0.2) is 14.1 Å². The van der Waals surface area contributed by atoms with Gasteiger partial charge in [0.25, 0.3) is 0 Å². The minimum Gasteiger partial charge on any atom is -0.341 e. The summed E-state index contributed by atoms with van der Waals surface area (Å²) in [5, 5.41) is 3.96. The average molecular weight is 302 g/mol. The van der Waals surface area contributed by atoms with Crippen molar-refractivity contribution in [2.24, 2.45) is 5.92 Å². The smallest absolute Gasteiger partial charge is 0.244 e. The fourth-order valence-corrected chi connectivity index (χ4v) is 2.89. The summed E-state index contributed by atoms with van der Waals surface area (Å²) in [5.74, 6) is 0.448. The lowest BCUT2D eigenvalue weighted by molar-refractivity contribution is -0.133. The first kappa shape index (κ1) is 14.7. The second kappa shape index (κ2) is 6.68. The summed E-state index contributed by atoms with van der Waals surface area (Å²) in [6.07, 6.45) is 5.91. The van der Waals surface area contributed by atoms with Crippen molar-refractivity contribution in [3.63, 3.8) is 0 Å². The van der Waals surface area contributed by atoms with Gasteiger partial charge >= 0.3 is 0 Å². The molecule has 1 aliphatic heterocycles. The Balaban J connectivity index is 1.47. The number of likely N-dealkylation sites (tertiary alicyclic amines) is 1. The number of hydrogen-bond donors (Lipinski definition) is 0. The number of piperidine rings is 1. The molecule has 3 rings (SSSR count). The molecule has 0 N–H and O–H groups in total. The van der Waals surface area contributed by atoms with E-state index in [-0.39, 0.29) is 18.3 Å². The van der Waals surface area contributed by atoms with Gasteiger partial charge in [0.15, 0.2) is 0 Å². The number of aromatic nitrogens is 3. The molecule has 0 bridgehead atoms. The van der Waals surface area contributed by atoms with Crippen LogP contribution in [0.5, 0.6) is 0 Å². The molecule has 0 spiro atoms. The molecule has 2 heterocycles. The molecule has 1 aromatic carbocycles. The molecule has 1 fully saturated rings. The molecule has 116 valence electrons. The van der Waals surface area contributed by atoms with Crippen molar-refractivity contribution in [3.05, 3.63) is 48.3 Å². The Hall–Kier alpha value is -2.24. The Morgan fingerprint density at radius 1 is 1.23 bits per heavy atom. The van der Waals surface area contributed by atoms with E-state index in [9.17, 15) is 9.18 Å². The standard InChI is InChI=1S/C16H19FN4O/c17-15-3-1-13(2-4-15)9-14-5-7-20(8-6-14)16(22)10-21-12-18-11-19-21/h1-4,11-12,14H,5-10H2. The van der Waals surface area contributed by atoms with Gasteiger partial charge in [-0.3, -0.25) is 4.79 Å². The molecule has 6 heteroatoms. The fourth-order valence-electron chi connectivity index (χ4n) is 2.89. The highest BCUT2D eigenvalue weighted by Gasteiger charge is 2.23. The van der Waals surface area contributed by atoms with Gasteiger partial charge in [0.2, 0.25) is 5.91 Å². The molecule has 5 nitrogen and oxygen atoms in total. The maximum Gasteiger partial charge on any atom is 0.244 e. The summed E-state index contributed by atoms with van der Waals surface area (Å²) in [7, 11) is 0. The molecule has 1 saturated heterocycles. The van der Waals surface area contributed by atoms with Crippen molar-refractivity contribution in [1.82, 2.24) is 19.7 Å². The van der Waals surface area contributed by atoms with Crippen LogP contribution < -0.4 is 0 Å². The molecule has 1 aromatic heterocycles. The van der Waals surface area contributed by atoms with Crippen molar-refractivity contribution in [2.45, 2.75) is 25.8 Å². The van der Waals surface area contributed by atoms with Crippen molar-refractivity contribution >= 4 is 5.91 Å². The molecule has 0 saturated carbocycles. The van der Waals surface area contributed by atoms with E-state index in [1.165, 1.54) is 18.5 Å². The number of amides is 1. The lowest BCUT2D eigenvalue weighted by Gasteiger charge is -2.32. The van der Waals surface area contributed by atoms with E-state index < -0.39 is 0 Å². The Kier molecular flexibility index (Phi) is 4.46. The number of carbonyl (C=O) groups excluding carboxylic acids is 1. The van der Waals surface area contributed by atoms with Crippen LogP contribution in [0.1, 0.15) is 18.4 Å². The van der Waals surface area contributed by atoms with Gasteiger partial charge in [-0.15, -0.1) is 0 Å². The lowest BCUT2D eigenvalue weighted by atomic mass is 9.90. The number of benzene rings is 1. The maximum atomic E-state index is 12.9. The molecule has 0 radical (unpaired) electrons. The highest BCUT2D eigenvalue weighted by Crippen LogP contribution is 2.22. The normalized spacial score (nSPS) is 16.0. The fraction of sp³-hybridized carbons (Fsp3) is 0.438. The van der Waals surface area contributed by atoms with Gasteiger partial charge in [0.1, 0.15) is 25.0 Å². The average Bonchev–Trinajstić information content (AvgIpc) is 3.03. The maximum absolute atomic E-state index is 12.9. The number of nitrogens with zero attached hydrogens (tertiary/aromatic N) is 4. The Morgan fingerprint density at radius 3 is 2.59 bits per heavy atom. The van der Waals surface area contributed by atoms with E-state index in [4.69, 9.17) is 0 Å². The predicted molar refractivity (Wildman–Crippen MR) is 79.4 cm³/mol. The van der Waals surface area contributed by atoms with Crippen LogP contribution in [0.2, 0.25) is 0 Å². The van der Waals surface area contributed by atoms with E-state index in [1.807, 2.05) is 17.0 Å². The van der Waals surface area contributed by atoms with Crippen molar-refractivity contribution in [3.8, 4) is 0 Å². The second-order valence-electron chi connectivity index (χ2n) is 5.75. The number of halogens is 1. The predicted octanol–water partition coefficient (Wildman–Crippen LogP) is 1.90. The minimum atomic E-state index is -0.197. The topological polar surface area (TPSA) is 51.0 Å². The third-order valence-electron chi connectivity index (χ3n) is 4.17. The van der Waals surface area contributed by atoms with Crippen molar-refractivity contribution in [2.75, 3.05) is 13.1 Å². The number of hydrogen-bond acceptors (Lipinski definition) is 3. The number of carbonyl (C=O) groups is 1. The van der Waals surface area contributed by atoms with Crippen LogP contribution in [-0.4, -0.2) is 38.7 Å². The first-order valence-electron chi connectivity index (χ1n) is 7.55. The van der Waals surface area contributed by atoms with E-state index in [0.717, 1.165) is 37.9 Å². The lowest BCUT2D eigenvalue weighted by Crippen LogP contribution is -2.40. The van der Waals surface area contributed by atoms with Crippen LogP contribution in [0.15, 0.2) is 36.9 Å². The first-order chi connectivity index (χ1) is 10.7. The van der Waals surface area contributed by atoms with Crippen LogP contribution in [0.25, 0.3) is 0 Å². The Morgan fingerprint density at radius 2 is 1.95 bits per heavy atom. The number of rotatable bonds is 4. The second-order valence-corrected chi connectivity index (χ2v) is 5.75. The Labute approximate surface area is 128 Å². The SMILES string of the molecule is O=C(Cn1cncn1)N1CCC(Cc2ccc(F)cc2)CC1. The van der Waals surface area contributed by atoms with E-state index in [2.05, 4.69) is 10.1 Å². The summed E-state index contributed by atoms with van der Waals surface area (Å²) >= 11 is 0. The van der Waals surface area contributed by atoms with Crippen molar-refractivity contribution < 1.29 is 9.18 Å². The molecular weight excluding hydrogens is 283 g/mol. The van der Waals surface area contributed by atoms with E-state index >= 15 is 0 Å². The largest absolute Gasteiger partial charge is 0.341 e. The quantitative estimate of drug-likeness (QED) is 0.867. The van der Waals surface area contributed by atoms with Crippen LogP contribution >= 0.6 is 0 Å². The molecule has 1 amide bonds. The van der Waals surface area contributed by atoms with Crippen LogP contribution in [-0.2, 0) is 17.8 Å². The zero-order valence-corrected chi connectivity index (χ0v) is 12.4. The van der Waals surface area contributed by atoms with Crippen LogP contribution in [0.4, 0.5) is 4.39 Å². The zero-order chi connectivity index (χ0) is 15.4. The van der Waals surface area contributed by atoms with Gasteiger partial charge in [-0.1, -0.05) is 12.1 Å². The highest BCUT2D eigenvalue weighted by molar-refractivity contribution is 5.75. The summed E-state index contributed by atoms with van der Waals surface area (Å²) in [4.78, 5) is 17.9. The van der Waals surface area contributed by atoms with E-state index in [0.29, 0.717) is 5.92 Å². The summed E-state index contributed by atoms with van der Waals surface area (Å²) in [5.41, 5.74) is 1.16. The molecular formula is C16H19FN4O. The molecule has 0 atom stereocenters. The zero-order valence-electron chi connectivity index (χ0n) is 12.4. The monoisotopic (exact) mass is 302 g/mol. The van der Waals surface area contributed by atoms with Gasteiger partial charge < -0.3 is 4.90 Å². The first-order valence-corrected chi connectivity index (χ1v) is 7.55. The summed E-state index contributed by atoms with van der Waals surface area (Å²) in [6.45, 7) is 1.81. The molecule has 0 aliphatic carbocycles. The third kappa shape index (κ3) is 3.69. The Bertz CT molecular complexity index is 604. The van der Waals surface area contributed by atoms with Gasteiger partial charge in [0.05, 0.1) is 0 Å². The molecule has 2 aromatic rings. The summed E-state index contributed by atoms with van der Waals surface area (Å²) < 4.78 is 14.5.